The molecule has 15 heavy (non-hydrogen) atoms. The van der Waals surface area contributed by atoms with Gasteiger partial charge in [-0.15, -0.1) is 0 Å². The number of imidazole rings is 1. The van der Waals surface area contributed by atoms with Gasteiger partial charge in [0.1, 0.15) is 5.82 Å². The first-order valence-electron chi connectivity index (χ1n) is 4.76. The maximum atomic E-state index is 11.8. The summed E-state index contributed by atoms with van der Waals surface area (Å²) in [5, 5.41) is 0. The van der Waals surface area contributed by atoms with Gasteiger partial charge in [0.25, 0.3) is 5.91 Å². The lowest BCUT2D eigenvalue weighted by Crippen LogP contribution is -2.22. The molecule has 78 valence electrons. The van der Waals surface area contributed by atoms with Crippen molar-refractivity contribution >= 4 is 11.4 Å². The van der Waals surface area contributed by atoms with Crippen LogP contribution in [0.5, 0.6) is 0 Å². The van der Waals surface area contributed by atoms with E-state index in [1.54, 1.807) is 14.1 Å². The summed E-state index contributed by atoms with van der Waals surface area (Å²) >= 11 is 0. The molecule has 0 radical (unpaired) electrons. The summed E-state index contributed by atoms with van der Waals surface area (Å²) in [5.41, 5.74) is 1.37. The number of hydrogen-bond acceptors (Lipinski definition) is 2. The highest BCUT2D eigenvalue weighted by molar-refractivity contribution is 5.98. The van der Waals surface area contributed by atoms with Gasteiger partial charge in [-0.05, 0) is 19.1 Å². The summed E-state index contributed by atoms with van der Waals surface area (Å²) in [4.78, 5) is 17.6. The molecule has 0 aliphatic rings. The van der Waals surface area contributed by atoms with E-state index >= 15 is 0 Å². The zero-order valence-corrected chi connectivity index (χ0v) is 9.06. The van der Waals surface area contributed by atoms with Crippen LogP contribution in [0.15, 0.2) is 24.4 Å². The molecule has 0 fully saturated rings. The summed E-state index contributed by atoms with van der Waals surface area (Å²) in [6, 6.07) is 5.73. The maximum Gasteiger partial charge on any atom is 0.274 e. The second kappa shape index (κ2) is 3.38. The first kappa shape index (κ1) is 9.71. The van der Waals surface area contributed by atoms with Crippen LogP contribution in [0.4, 0.5) is 0 Å². The number of pyridine rings is 1. The molecular formula is C11H13N3O. The van der Waals surface area contributed by atoms with Gasteiger partial charge in [-0.25, -0.2) is 4.98 Å². The zero-order chi connectivity index (χ0) is 11.0. The Bertz CT molecular complexity index is 514. The molecule has 0 unspecified atom stereocenters. The second-order valence-electron chi connectivity index (χ2n) is 3.66. The monoisotopic (exact) mass is 203 g/mol. The minimum Gasteiger partial charge on any atom is -0.343 e. The van der Waals surface area contributed by atoms with Crippen LogP contribution in [-0.4, -0.2) is 34.3 Å². The van der Waals surface area contributed by atoms with Gasteiger partial charge in [-0.2, -0.15) is 0 Å². The maximum absolute atomic E-state index is 11.8. The van der Waals surface area contributed by atoms with Crippen molar-refractivity contribution in [2.45, 2.75) is 6.92 Å². The normalized spacial score (nSPS) is 10.6. The van der Waals surface area contributed by atoms with Crippen molar-refractivity contribution in [3.8, 4) is 0 Å². The SMILES string of the molecule is Cc1nc(C(=O)N(C)C)c2ccccn12. The smallest absolute Gasteiger partial charge is 0.274 e. The summed E-state index contributed by atoms with van der Waals surface area (Å²) < 4.78 is 1.91. The molecule has 1 amide bonds. The molecule has 0 aliphatic heterocycles. The van der Waals surface area contributed by atoms with Crippen molar-refractivity contribution in [1.82, 2.24) is 14.3 Å². The van der Waals surface area contributed by atoms with Crippen LogP contribution < -0.4 is 0 Å². The third kappa shape index (κ3) is 1.48. The minimum atomic E-state index is -0.0631. The quantitative estimate of drug-likeness (QED) is 0.701. The number of rotatable bonds is 1. The number of hydrogen-bond donors (Lipinski definition) is 0. The van der Waals surface area contributed by atoms with Gasteiger partial charge in [0, 0.05) is 20.3 Å². The van der Waals surface area contributed by atoms with Crippen molar-refractivity contribution in [1.29, 1.82) is 0 Å². The standard InChI is InChI=1S/C11H13N3O/c1-8-12-10(11(15)13(2)3)9-6-4-5-7-14(8)9/h4-7H,1-3H3. The fourth-order valence-corrected chi connectivity index (χ4v) is 1.56. The predicted molar refractivity (Wildman–Crippen MR) is 57.9 cm³/mol. The summed E-state index contributed by atoms with van der Waals surface area (Å²) in [6.07, 6.45) is 1.91. The van der Waals surface area contributed by atoms with Crippen molar-refractivity contribution in [3.05, 3.63) is 35.9 Å². The van der Waals surface area contributed by atoms with Crippen LogP contribution in [0.1, 0.15) is 16.3 Å². The first-order chi connectivity index (χ1) is 7.11. The molecule has 4 heteroatoms. The third-order valence-electron chi connectivity index (χ3n) is 2.33. The fourth-order valence-electron chi connectivity index (χ4n) is 1.56. The van der Waals surface area contributed by atoms with Gasteiger partial charge in [-0.1, -0.05) is 6.07 Å². The number of aryl methyl sites for hydroxylation is 1. The number of nitrogens with zero attached hydrogens (tertiary/aromatic N) is 3. The van der Waals surface area contributed by atoms with Crippen molar-refractivity contribution in [3.63, 3.8) is 0 Å². The average Bonchev–Trinajstić information content (AvgIpc) is 2.56. The van der Waals surface area contributed by atoms with Crippen LogP contribution in [0.3, 0.4) is 0 Å². The van der Waals surface area contributed by atoms with Crippen LogP contribution >= 0.6 is 0 Å². The van der Waals surface area contributed by atoms with E-state index in [0.717, 1.165) is 11.3 Å². The summed E-state index contributed by atoms with van der Waals surface area (Å²) in [5.74, 6) is 0.766. The van der Waals surface area contributed by atoms with Crippen molar-refractivity contribution in [2.75, 3.05) is 14.1 Å². The molecule has 0 aromatic carbocycles. The molecule has 0 saturated heterocycles. The number of aromatic nitrogens is 2. The molecule has 4 nitrogen and oxygen atoms in total. The Morgan fingerprint density at radius 3 is 2.80 bits per heavy atom. The van der Waals surface area contributed by atoms with Gasteiger partial charge in [0.05, 0.1) is 5.52 Å². The first-order valence-corrected chi connectivity index (χ1v) is 4.76. The van der Waals surface area contributed by atoms with E-state index < -0.39 is 0 Å². The molecule has 2 aromatic rings. The van der Waals surface area contributed by atoms with E-state index in [2.05, 4.69) is 4.98 Å². The Labute approximate surface area is 88.2 Å². The van der Waals surface area contributed by atoms with E-state index in [9.17, 15) is 4.79 Å². The number of amides is 1. The number of fused-ring (bicyclic) bond motifs is 1. The Kier molecular flexibility index (Phi) is 2.19. The number of carbonyl (C=O) groups is 1. The van der Waals surface area contributed by atoms with Crippen LogP contribution in [0.2, 0.25) is 0 Å². The molecule has 0 spiro atoms. The molecule has 0 bridgehead atoms. The molecular weight excluding hydrogens is 190 g/mol. The van der Waals surface area contributed by atoms with Crippen LogP contribution in [0.25, 0.3) is 5.52 Å². The van der Waals surface area contributed by atoms with E-state index in [-0.39, 0.29) is 5.91 Å². The molecule has 2 heterocycles. The predicted octanol–water partition coefficient (Wildman–Crippen LogP) is 1.34. The van der Waals surface area contributed by atoms with E-state index in [1.807, 2.05) is 35.7 Å². The minimum absolute atomic E-state index is 0.0631. The topological polar surface area (TPSA) is 37.6 Å². The largest absolute Gasteiger partial charge is 0.343 e. The second-order valence-corrected chi connectivity index (χ2v) is 3.66. The highest BCUT2D eigenvalue weighted by atomic mass is 16.2. The Morgan fingerprint density at radius 1 is 1.40 bits per heavy atom. The van der Waals surface area contributed by atoms with Gasteiger partial charge in [-0.3, -0.25) is 4.79 Å². The lowest BCUT2D eigenvalue weighted by Gasteiger charge is -2.07. The summed E-state index contributed by atoms with van der Waals surface area (Å²) in [6.45, 7) is 1.89. The van der Waals surface area contributed by atoms with Gasteiger partial charge < -0.3 is 9.30 Å². The Morgan fingerprint density at radius 2 is 2.13 bits per heavy atom. The Balaban J connectivity index is 2.67. The molecule has 0 saturated carbocycles. The van der Waals surface area contributed by atoms with E-state index in [1.165, 1.54) is 4.90 Å². The zero-order valence-electron chi connectivity index (χ0n) is 9.06. The van der Waals surface area contributed by atoms with E-state index in [4.69, 9.17) is 0 Å². The van der Waals surface area contributed by atoms with E-state index in [0.29, 0.717) is 5.69 Å². The lowest BCUT2D eigenvalue weighted by atomic mass is 10.3. The van der Waals surface area contributed by atoms with Crippen LogP contribution in [0, 0.1) is 6.92 Å². The van der Waals surface area contributed by atoms with Gasteiger partial charge in [0.2, 0.25) is 0 Å². The third-order valence-corrected chi connectivity index (χ3v) is 2.33. The number of carbonyl (C=O) groups excluding carboxylic acids is 1. The van der Waals surface area contributed by atoms with Gasteiger partial charge >= 0.3 is 0 Å². The molecule has 0 aliphatic carbocycles. The van der Waals surface area contributed by atoms with Crippen molar-refractivity contribution < 1.29 is 4.79 Å². The van der Waals surface area contributed by atoms with Crippen LogP contribution in [-0.2, 0) is 0 Å². The Hall–Kier alpha value is -1.84. The molecule has 2 rings (SSSR count). The highest BCUT2D eigenvalue weighted by Crippen LogP contribution is 2.13. The molecule has 0 N–H and O–H groups in total. The van der Waals surface area contributed by atoms with Crippen molar-refractivity contribution in [2.24, 2.45) is 0 Å². The fraction of sp³-hybridized carbons (Fsp3) is 0.273. The molecule has 2 aromatic heterocycles. The highest BCUT2D eigenvalue weighted by Gasteiger charge is 2.16. The van der Waals surface area contributed by atoms with Gasteiger partial charge in [0.15, 0.2) is 5.69 Å². The lowest BCUT2D eigenvalue weighted by molar-refractivity contribution is 0.0824. The summed E-state index contributed by atoms with van der Waals surface area (Å²) in [7, 11) is 3.46. The molecule has 0 atom stereocenters. The average molecular weight is 203 g/mol.